The van der Waals surface area contributed by atoms with Crippen LogP contribution in [0.2, 0.25) is 5.02 Å². The zero-order valence-corrected chi connectivity index (χ0v) is 11.3. The van der Waals surface area contributed by atoms with Gasteiger partial charge in [0.2, 0.25) is 5.89 Å². The Hall–Kier alpha value is -2.33. The molecule has 0 fully saturated rings. The van der Waals surface area contributed by atoms with E-state index in [2.05, 4.69) is 4.98 Å². The first-order valence-electron chi connectivity index (χ1n) is 5.93. The molecule has 1 heterocycles. The Morgan fingerprint density at radius 2 is 2.00 bits per heavy atom. The van der Waals surface area contributed by atoms with Crippen molar-refractivity contribution in [2.45, 2.75) is 0 Å². The molecule has 0 aliphatic carbocycles. The van der Waals surface area contributed by atoms with Gasteiger partial charge in [-0.3, -0.25) is 0 Å². The summed E-state index contributed by atoms with van der Waals surface area (Å²) in [4.78, 5) is 16.4. The third-order valence-electron chi connectivity index (χ3n) is 2.93. The first-order chi connectivity index (χ1) is 9.69. The molecular formula is C15H10ClNO3. The van der Waals surface area contributed by atoms with E-state index in [9.17, 15) is 4.79 Å². The quantitative estimate of drug-likeness (QED) is 0.724. The van der Waals surface area contributed by atoms with Gasteiger partial charge in [0, 0.05) is 5.02 Å². The molecule has 4 nitrogen and oxygen atoms in total. The fourth-order valence-electron chi connectivity index (χ4n) is 1.98. The highest BCUT2D eigenvalue weighted by molar-refractivity contribution is 6.31. The highest BCUT2D eigenvalue weighted by Gasteiger charge is 2.12. The molecule has 0 radical (unpaired) electrons. The normalized spacial score (nSPS) is 10.7. The summed E-state index contributed by atoms with van der Waals surface area (Å²) in [6, 6.07) is 12.1. The molecule has 0 N–H and O–H groups in total. The fourth-order valence-corrected chi connectivity index (χ4v) is 2.15. The zero-order chi connectivity index (χ0) is 14.1. The molecule has 100 valence electrons. The minimum Gasteiger partial charge on any atom is -0.496 e. The van der Waals surface area contributed by atoms with E-state index in [1.54, 1.807) is 37.4 Å². The maximum Gasteiger partial charge on any atom is 0.347 e. The number of rotatable bonds is 2. The summed E-state index contributed by atoms with van der Waals surface area (Å²) in [6.07, 6.45) is 0. The SMILES string of the molecule is COc1ccccc1-c1nc2ccc(Cl)cc2c(=O)o1. The van der Waals surface area contributed by atoms with Gasteiger partial charge in [-0.15, -0.1) is 0 Å². The summed E-state index contributed by atoms with van der Waals surface area (Å²) in [6.45, 7) is 0. The van der Waals surface area contributed by atoms with E-state index >= 15 is 0 Å². The van der Waals surface area contributed by atoms with E-state index in [-0.39, 0.29) is 5.89 Å². The predicted molar refractivity (Wildman–Crippen MR) is 77.3 cm³/mol. The number of ether oxygens (including phenoxy) is 1. The van der Waals surface area contributed by atoms with Crippen LogP contribution in [0.25, 0.3) is 22.4 Å². The monoisotopic (exact) mass is 287 g/mol. The third kappa shape index (κ3) is 2.14. The zero-order valence-electron chi connectivity index (χ0n) is 10.6. The molecule has 0 saturated heterocycles. The number of benzene rings is 2. The molecule has 0 bridgehead atoms. The van der Waals surface area contributed by atoms with Crippen molar-refractivity contribution < 1.29 is 9.15 Å². The van der Waals surface area contributed by atoms with Crippen LogP contribution < -0.4 is 10.4 Å². The van der Waals surface area contributed by atoms with Gasteiger partial charge in [-0.05, 0) is 30.3 Å². The lowest BCUT2D eigenvalue weighted by Gasteiger charge is -2.06. The summed E-state index contributed by atoms with van der Waals surface area (Å²) < 4.78 is 10.5. The van der Waals surface area contributed by atoms with Gasteiger partial charge >= 0.3 is 5.63 Å². The number of para-hydroxylation sites is 1. The lowest BCUT2D eigenvalue weighted by atomic mass is 10.2. The Morgan fingerprint density at radius 3 is 2.80 bits per heavy atom. The van der Waals surface area contributed by atoms with Crippen LogP contribution in [0.5, 0.6) is 5.75 Å². The Balaban J connectivity index is 2.28. The van der Waals surface area contributed by atoms with Crippen LogP contribution in [-0.2, 0) is 0 Å². The maximum absolute atomic E-state index is 12.0. The van der Waals surface area contributed by atoms with Crippen molar-refractivity contribution in [3.63, 3.8) is 0 Å². The largest absolute Gasteiger partial charge is 0.496 e. The second-order valence-electron chi connectivity index (χ2n) is 4.17. The van der Waals surface area contributed by atoms with Crippen molar-refractivity contribution in [2.24, 2.45) is 0 Å². The maximum atomic E-state index is 12.0. The van der Waals surface area contributed by atoms with Crippen molar-refractivity contribution in [2.75, 3.05) is 7.11 Å². The molecule has 0 aliphatic heterocycles. The van der Waals surface area contributed by atoms with Crippen molar-refractivity contribution >= 4 is 22.5 Å². The van der Waals surface area contributed by atoms with Crippen LogP contribution in [0.1, 0.15) is 0 Å². The van der Waals surface area contributed by atoms with Gasteiger partial charge in [0.05, 0.1) is 23.6 Å². The number of nitrogens with zero attached hydrogens (tertiary/aromatic N) is 1. The average molecular weight is 288 g/mol. The lowest BCUT2D eigenvalue weighted by Crippen LogP contribution is -2.03. The molecule has 1 aromatic heterocycles. The number of hydrogen-bond donors (Lipinski definition) is 0. The summed E-state index contributed by atoms with van der Waals surface area (Å²) in [5.74, 6) is 0.818. The Labute approximate surface area is 119 Å². The van der Waals surface area contributed by atoms with Crippen LogP contribution in [-0.4, -0.2) is 12.1 Å². The smallest absolute Gasteiger partial charge is 0.347 e. The molecular weight excluding hydrogens is 278 g/mol. The highest BCUT2D eigenvalue weighted by Crippen LogP contribution is 2.28. The van der Waals surface area contributed by atoms with E-state index in [4.69, 9.17) is 20.8 Å². The van der Waals surface area contributed by atoms with Crippen LogP contribution in [0.4, 0.5) is 0 Å². The standard InChI is InChI=1S/C15H10ClNO3/c1-19-13-5-3-2-4-10(13)14-17-12-7-6-9(16)8-11(12)15(18)20-14/h2-8H,1H3. The molecule has 3 rings (SSSR count). The van der Waals surface area contributed by atoms with Gasteiger partial charge < -0.3 is 9.15 Å². The molecule has 0 spiro atoms. The summed E-state index contributed by atoms with van der Waals surface area (Å²) in [7, 11) is 1.55. The first kappa shape index (κ1) is 12.7. The fraction of sp³-hybridized carbons (Fsp3) is 0.0667. The predicted octanol–water partition coefficient (Wildman–Crippen LogP) is 3.52. The minimum absolute atomic E-state index is 0.224. The van der Waals surface area contributed by atoms with Crippen molar-refractivity contribution in [1.29, 1.82) is 0 Å². The van der Waals surface area contributed by atoms with Gasteiger partial charge in [-0.1, -0.05) is 23.7 Å². The van der Waals surface area contributed by atoms with Gasteiger partial charge in [-0.2, -0.15) is 0 Å². The second kappa shape index (κ2) is 4.98. The molecule has 2 aromatic carbocycles. The lowest BCUT2D eigenvalue weighted by molar-refractivity contribution is 0.413. The van der Waals surface area contributed by atoms with Crippen molar-refractivity contribution in [1.82, 2.24) is 4.98 Å². The number of halogens is 1. The van der Waals surface area contributed by atoms with Gasteiger partial charge in [0.1, 0.15) is 5.75 Å². The summed E-state index contributed by atoms with van der Waals surface area (Å²) >= 11 is 5.87. The third-order valence-corrected chi connectivity index (χ3v) is 3.16. The number of aromatic nitrogens is 1. The van der Waals surface area contributed by atoms with E-state index in [1.165, 1.54) is 0 Å². The molecule has 0 saturated carbocycles. The summed E-state index contributed by atoms with van der Waals surface area (Å²) in [5, 5.41) is 0.827. The van der Waals surface area contributed by atoms with Crippen molar-refractivity contribution in [3.05, 3.63) is 57.9 Å². The van der Waals surface area contributed by atoms with E-state index in [0.29, 0.717) is 27.2 Å². The molecule has 3 aromatic rings. The molecule has 0 aliphatic rings. The van der Waals surface area contributed by atoms with Crippen molar-refractivity contribution in [3.8, 4) is 17.2 Å². The minimum atomic E-state index is -0.474. The molecule has 0 unspecified atom stereocenters. The Morgan fingerprint density at radius 1 is 1.20 bits per heavy atom. The van der Waals surface area contributed by atoms with Crippen LogP contribution >= 0.6 is 11.6 Å². The Bertz CT molecular complexity index is 842. The number of fused-ring (bicyclic) bond motifs is 1. The Kier molecular flexibility index (Phi) is 3.16. The average Bonchev–Trinajstić information content (AvgIpc) is 2.47. The molecule has 5 heteroatoms. The van der Waals surface area contributed by atoms with Gasteiger partial charge in [-0.25, -0.2) is 9.78 Å². The second-order valence-corrected chi connectivity index (χ2v) is 4.60. The topological polar surface area (TPSA) is 52.3 Å². The van der Waals surface area contributed by atoms with Crippen LogP contribution in [0, 0.1) is 0 Å². The van der Waals surface area contributed by atoms with Gasteiger partial charge in [0.25, 0.3) is 0 Å². The first-order valence-corrected chi connectivity index (χ1v) is 6.30. The highest BCUT2D eigenvalue weighted by atomic mass is 35.5. The van der Waals surface area contributed by atoms with E-state index in [1.807, 2.05) is 12.1 Å². The molecule has 0 atom stereocenters. The number of methoxy groups -OCH3 is 1. The summed E-state index contributed by atoms with van der Waals surface area (Å²) in [5.41, 5.74) is 0.689. The van der Waals surface area contributed by atoms with Crippen LogP contribution in [0.3, 0.4) is 0 Å². The molecule has 20 heavy (non-hydrogen) atoms. The van der Waals surface area contributed by atoms with Crippen LogP contribution in [0.15, 0.2) is 51.7 Å². The van der Waals surface area contributed by atoms with E-state index < -0.39 is 5.63 Å². The molecule has 0 amide bonds. The van der Waals surface area contributed by atoms with Gasteiger partial charge in [0.15, 0.2) is 0 Å². The van der Waals surface area contributed by atoms with E-state index in [0.717, 1.165) is 0 Å². The number of hydrogen-bond acceptors (Lipinski definition) is 4.